The van der Waals surface area contributed by atoms with Crippen LogP contribution in [0.1, 0.15) is 34.1 Å². The van der Waals surface area contributed by atoms with Crippen LogP contribution >= 0.6 is 15.9 Å². The van der Waals surface area contributed by atoms with Crippen molar-refractivity contribution in [2.75, 3.05) is 6.61 Å². The van der Waals surface area contributed by atoms with Gasteiger partial charge in [0.1, 0.15) is 5.75 Å². The number of nitrogens with one attached hydrogen (secondary N) is 1. The number of carbonyl (C=O) groups is 1. The first-order valence-corrected chi connectivity index (χ1v) is 9.85. The highest BCUT2D eigenvalue weighted by atomic mass is 79.9. The molecule has 0 spiro atoms. The maximum absolute atomic E-state index is 12.9. The number of aromatic nitrogens is 2. The zero-order valence-corrected chi connectivity index (χ0v) is 17.1. The number of aryl methyl sites for hydroxylation is 1. The number of carbonyl (C=O) groups excluding carboxylic acids is 1. The molecule has 1 aliphatic rings. The summed E-state index contributed by atoms with van der Waals surface area (Å²) in [5.41, 5.74) is 1.67. The SMILES string of the molecule is Cc1ccc2c(c1)C(NC(=O)c1nn(-c3ccc(Br)cc3)c(=O)cc1O)CCO2. The molecule has 2 heterocycles. The summed E-state index contributed by atoms with van der Waals surface area (Å²) in [6.07, 6.45) is 0.593. The van der Waals surface area contributed by atoms with Gasteiger partial charge in [0.2, 0.25) is 0 Å². The zero-order chi connectivity index (χ0) is 20.5. The molecule has 0 fully saturated rings. The molecule has 1 aliphatic heterocycles. The molecule has 148 valence electrons. The van der Waals surface area contributed by atoms with Crippen LogP contribution in [-0.2, 0) is 0 Å². The Balaban J connectivity index is 1.66. The molecule has 1 atom stereocenters. The summed E-state index contributed by atoms with van der Waals surface area (Å²) in [6.45, 7) is 2.44. The number of aromatic hydroxyl groups is 1. The zero-order valence-electron chi connectivity index (χ0n) is 15.6. The third-order valence-electron chi connectivity index (χ3n) is 4.71. The largest absolute Gasteiger partial charge is 0.505 e. The van der Waals surface area contributed by atoms with E-state index < -0.39 is 17.2 Å². The predicted molar refractivity (Wildman–Crippen MR) is 111 cm³/mol. The fourth-order valence-electron chi connectivity index (χ4n) is 3.27. The molecular formula is C21H18BrN3O4. The number of ether oxygens (including phenoxy) is 1. The molecule has 0 aliphatic carbocycles. The van der Waals surface area contributed by atoms with E-state index in [1.165, 1.54) is 0 Å². The molecule has 1 aromatic heterocycles. The monoisotopic (exact) mass is 455 g/mol. The van der Waals surface area contributed by atoms with E-state index in [4.69, 9.17) is 4.74 Å². The highest BCUT2D eigenvalue weighted by Gasteiger charge is 2.26. The Morgan fingerprint density at radius 2 is 2.00 bits per heavy atom. The molecule has 1 unspecified atom stereocenters. The second-order valence-corrected chi connectivity index (χ2v) is 7.72. The average molecular weight is 456 g/mol. The van der Waals surface area contributed by atoms with Crippen LogP contribution in [0, 0.1) is 6.92 Å². The molecule has 7 nitrogen and oxygen atoms in total. The van der Waals surface area contributed by atoms with Gasteiger partial charge in [-0.25, -0.2) is 0 Å². The van der Waals surface area contributed by atoms with E-state index in [2.05, 4.69) is 26.3 Å². The number of rotatable bonds is 3. The first-order valence-electron chi connectivity index (χ1n) is 9.06. The predicted octanol–water partition coefficient (Wildman–Crippen LogP) is 3.26. The second-order valence-electron chi connectivity index (χ2n) is 6.81. The smallest absolute Gasteiger partial charge is 0.276 e. The van der Waals surface area contributed by atoms with Crippen molar-refractivity contribution < 1.29 is 14.6 Å². The van der Waals surface area contributed by atoms with Crippen LogP contribution in [0.25, 0.3) is 5.69 Å². The minimum absolute atomic E-state index is 0.215. The molecule has 2 aromatic carbocycles. The van der Waals surface area contributed by atoms with Crippen molar-refractivity contribution in [3.8, 4) is 17.2 Å². The Bertz CT molecular complexity index is 1140. The minimum atomic E-state index is -0.562. The van der Waals surface area contributed by atoms with Crippen LogP contribution in [0.5, 0.6) is 11.5 Å². The Morgan fingerprint density at radius 1 is 1.24 bits per heavy atom. The van der Waals surface area contributed by atoms with Crippen LogP contribution in [0.2, 0.25) is 0 Å². The van der Waals surface area contributed by atoms with E-state index in [9.17, 15) is 14.7 Å². The third-order valence-corrected chi connectivity index (χ3v) is 5.24. The molecule has 29 heavy (non-hydrogen) atoms. The van der Waals surface area contributed by atoms with Crippen LogP contribution in [0.3, 0.4) is 0 Å². The van der Waals surface area contributed by atoms with Crippen molar-refractivity contribution in [2.45, 2.75) is 19.4 Å². The minimum Gasteiger partial charge on any atom is -0.505 e. The number of halogens is 1. The molecule has 2 N–H and O–H groups in total. The summed E-state index contributed by atoms with van der Waals surface area (Å²) in [6, 6.07) is 13.4. The third kappa shape index (κ3) is 3.88. The number of hydrogen-bond acceptors (Lipinski definition) is 5. The van der Waals surface area contributed by atoms with Crippen LogP contribution in [-0.4, -0.2) is 27.4 Å². The number of nitrogens with zero attached hydrogens (tertiary/aromatic N) is 2. The standard InChI is InChI=1S/C21H18BrN3O4/c1-12-2-7-18-15(10-12)16(8-9-29-18)23-21(28)20-17(26)11-19(27)25(24-20)14-5-3-13(22)4-6-14/h2-7,10-11,16,26H,8-9H2,1H3,(H,23,28). The molecule has 1 amide bonds. The molecule has 8 heteroatoms. The topological polar surface area (TPSA) is 93.5 Å². The van der Waals surface area contributed by atoms with E-state index in [-0.39, 0.29) is 11.7 Å². The van der Waals surface area contributed by atoms with Gasteiger partial charge < -0.3 is 15.2 Å². The summed E-state index contributed by atoms with van der Waals surface area (Å²) in [5, 5.41) is 17.2. The van der Waals surface area contributed by atoms with Crippen molar-refractivity contribution in [3.63, 3.8) is 0 Å². The van der Waals surface area contributed by atoms with Gasteiger partial charge in [-0.3, -0.25) is 9.59 Å². The Hall–Kier alpha value is -3.13. The van der Waals surface area contributed by atoms with E-state index in [0.29, 0.717) is 18.7 Å². The first kappa shape index (κ1) is 19.2. The summed E-state index contributed by atoms with van der Waals surface area (Å²) < 4.78 is 7.59. The Kier molecular flexibility index (Phi) is 5.10. The summed E-state index contributed by atoms with van der Waals surface area (Å²) in [5.74, 6) is -0.297. The van der Waals surface area contributed by atoms with Crippen molar-refractivity contribution >= 4 is 21.8 Å². The summed E-state index contributed by atoms with van der Waals surface area (Å²) in [7, 11) is 0. The maximum atomic E-state index is 12.9. The highest BCUT2D eigenvalue weighted by Crippen LogP contribution is 2.33. The number of amides is 1. The molecule has 4 rings (SSSR count). The molecule has 0 saturated carbocycles. The summed E-state index contributed by atoms with van der Waals surface area (Å²) in [4.78, 5) is 25.2. The Morgan fingerprint density at radius 3 is 2.76 bits per heavy atom. The van der Waals surface area contributed by atoms with Crippen molar-refractivity contribution in [3.05, 3.63) is 80.2 Å². The lowest BCUT2D eigenvalue weighted by Gasteiger charge is -2.27. The summed E-state index contributed by atoms with van der Waals surface area (Å²) >= 11 is 3.34. The van der Waals surface area contributed by atoms with Gasteiger partial charge in [-0.15, -0.1) is 0 Å². The maximum Gasteiger partial charge on any atom is 0.276 e. The number of fused-ring (bicyclic) bond motifs is 1. The normalized spacial score (nSPS) is 15.3. The molecule has 0 radical (unpaired) electrons. The fourth-order valence-corrected chi connectivity index (χ4v) is 3.53. The highest BCUT2D eigenvalue weighted by molar-refractivity contribution is 9.10. The van der Waals surface area contributed by atoms with E-state index in [1.807, 2.05) is 25.1 Å². The van der Waals surface area contributed by atoms with Gasteiger partial charge in [-0.2, -0.15) is 9.78 Å². The molecule has 0 saturated heterocycles. The van der Waals surface area contributed by atoms with Crippen molar-refractivity contribution in [1.82, 2.24) is 15.1 Å². The Labute approximate surface area is 175 Å². The molecule has 0 bridgehead atoms. The molecular weight excluding hydrogens is 438 g/mol. The van der Waals surface area contributed by atoms with Gasteiger partial charge in [0.05, 0.1) is 18.3 Å². The first-order chi connectivity index (χ1) is 13.9. The van der Waals surface area contributed by atoms with Gasteiger partial charge in [-0.1, -0.05) is 33.6 Å². The lowest BCUT2D eigenvalue weighted by Crippen LogP contribution is -2.34. The lowest BCUT2D eigenvalue weighted by molar-refractivity contribution is 0.0914. The van der Waals surface area contributed by atoms with E-state index >= 15 is 0 Å². The van der Waals surface area contributed by atoms with E-state index in [0.717, 1.165) is 32.1 Å². The van der Waals surface area contributed by atoms with Crippen molar-refractivity contribution in [1.29, 1.82) is 0 Å². The van der Waals surface area contributed by atoms with Crippen LogP contribution in [0.15, 0.2) is 57.8 Å². The van der Waals surface area contributed by atoms with Crippen molar-refractivity contribution in [2.24, 2.45) is 0 Å². The van der Waals surface area contributed by atoms with Crippen LogP contribution in [0.4, 0.5) is 0 Å². The van der Waals surface area contributed by atoms with Gasteiger partial charge in [0.25, 0.3) is 11.5 Å². The molecule has 3 aromatic rings. The number of hydrogen-bond donors (Lipinski definition) is 2. The lowest BCUT2D eigenvalue weighted by atomic mass is 9.98. The van der Waals surface area contributed by atoms with Gasteiger partial charge in [-0.05, 0) is 37.3 Å². The fraction of sp³-hybridized carbons (Fsp3) is 0.190. The van der Waals surface area contributed by atoms with E-state index in [1.54, 1.807) is 24.3 Å². The average Bonchev–Trinajstić information content (AvgIpc) is 2.69. The quantitative estimate of drug-likeness (QED) is 0.631. The van der Waals surface area contributed by atoms with Gasteiger partial charge in [0.15, 0.2) is 11.4 Å². The van der Waals surface area contributed by atoms with Gasteiger partial charge in [0, 0.05) is 22.5 Å². The van der Waals surface area contributed by atoms with Gasteiger partial charge >= 0.3 is 0 Å². The number of benzene rings is 2. The van der Waals surface area contributed by atoms with Crippen LogP contribution < -0.4 is 15.6 Å². The second kappa shape index (κ2) is 7.71.